The third-order valence-corrected chi connectivity index (χ3v) is 7.14. The second kappa shape index (κ2) is 9.02. The van der Waals surface area contributed by atoms with Crippen LogP contribution in [-0.2, 0) is 19.3 Å². The van der Waals surface area contributed by atoms with E-state index in [1.165, 1.54) is 12.1 Å². The molecule has 1 aromatic carbocycles. The van der Waals surface area contributed by atoms with E-state index in [1.54, 1.807) is 6.92 Å². The monoisotopic (exact) mass is 481 g/mol. The van der Waals surface area contributed by atoms with Crippen molar-refractivity contribution in [3.05, 3.63) is 29.9 Å². The number of amides is 1. The fourth-order valence-corrected chi connectivity index (χ4v) is 5.33. The molecule has 0 spiro atoms. The zero-order valence-electron chi connectivity index (χ0n) is 19.0. The number of nitrogens with zero attached hydrogens (tertiary/aromatic N) is 3. The van der Waals surface area contributed by atoms with E-state index < -0.39 is 21.8 Å². The molecule has 9 nitrogen and oxygen atoms in total. The molecule has 2 unspecified atom stereocenters. The number of halogens is 1. The summed E-state index contributed by atoms with van der Waals surface area (Å²) < 4.78 is 54.3. The van der Waals surface area contributed by atoms with Crippen LogP contribution in [0.1, 0.15) is 58.4 Å². The summed E-state index contributed by atoms with van der Waals surface area (Å²) in [7, 11) is -3.67. The minimum Gasteiger partial charge on any atom is -0.447 e. The highest BCUT2D eigenvalue weighted by Gasteiger charge is 2.45. The largest absolute Gasteiger partial charge is 0.447 e. The second-order valence-electron chi connectivity index (χ2n) is 8.97. The Morgan fingerprint density at radius 3 is 2.45 bits per heavy atom. The summed E-state index contributed by atoms with van der Waals surface area (Å²) in [5.41, 5.74) is 0.303. The summed E-state index contributed by atoms with van der Waals surface area (Å²) in [5.74, 6) is -0.485. The van der Waals surface area contributed by atoms with Crippen molar-refractivity contribution in [2.45, 2.75) is 81.7 Å². The van der Waals surface area contributed by atoms with Gasteiger partial charge in [0.15, 0.2) is 9.84 Å². The maximum atomic E-state index is 14.2. The van der Waals surface area contributed by atoms with Crippen molar-refractivity contribution >= 4 is 15.9 Å². The predicted molar refractivity (Wildman–Crippen MR) is 116 cm³/mol. The topological polar surface area (TPSA) is 112 Å². The molecule has 3 atom stereocenters. The van der Waals surface area contributed by atoms with Crippen molar-refractivity contribution in [1.82, 2.24) is 15.0 Å². The third-order valence-electron chi connectivity index (χ3n) is 6.01. The highest BCUT2D eigenvalue weighted by Crippen LogP contribution is 2.39. The Morgan fingerprint density at radius 2 is 1.88 bits per heavy atom. The van der Waals surface area contributed by atoms with Crippen LogP contribution in [0.4, 0.5) is 9.18 Å². The van der Waals surface area contributed by atoms with Gasteiger partial charge in [0.25, 0.3) is 5.89 Å². The summed E-state index contributed by atoms with van der Waals surface area (Å²) in [6.07, 6.45) is 3.21. The first-order valence-corrected chi connectivity index (χ1v) is 12.9. The smallest absolute Gasteiger partial charge is 0.410 e. The molecular formula is C22H28FN3O6S. The molecule has 0 aliphatic carbocycles. The molecule has 2 bridgehead atoms. The molecule has 2 fully saturated rings. The Labute approximate surface area is 192 Å². The van der Waals surface area contributed by atoms with Gasteiger partial charge in [0.1, 0.15) is 16.8 Å². The van der Waals surface area contributed by atoms with Crippen LogP contribution < -0.4 is 0 Å². The molecule has 0 N–H and O–H groups in total. The van der Waals surface area contributed by atoms with Crippen LogP contribution >= 0.6 is 0 Å². The summed E-state index contributed by atoms with van der Waals surface area (Å²) >= 11 is 0. The fraction of sp³-hybridized carbons (Fsp3) is 0.591. The summed E-state index contributed by atoms with van der Waals surface area (Å²) in [5, 5.41) is 3.89. The summed E-state index contributed by atoms with van der Waals surface area (Å²) in [6.45, 7) is 5.47. The van der Waals surface area contributed by atoms with E-state index in [0.717, 1.165) is 25.2 Å². The molecule has 2 saturated heterocycles. The number of hydrogen-bond acceptors (Lipinski definition) is 8. The third kappa shape index (κ3) is 5.03. The highest BCUT2D eigenvalue weighted by molar-refractivity contribution is 7.90. The Balaban J connectivity index is 1.41. The van der Waals surface area contributed by atoms with Crippen LogP contribution in [0, 0.1) is 5.82 Å². The van der Waals surface area contributed by atoms with Crippen molar-refractivity contribution in [1.29, 1.82) is 0 Å². The van der Waals surface area contributed by atoms with Crippen LogP contribution in [0.2, 0.25) is 0 Å². The normalized spacial score (nSPS) is 23.7. The minimum absolute atomic E-state index is 0.0672. The van der Waals surface area contributed by atoms with Crippen LogP contribution in [0.5, 0.6) is 0 Å². The number of ether oxygens (including phenoxy) is 2. The van der Waals surface area contributed by atoms with Gasteiger partial charge < -0.3 is 18.9 Å². The standard InChI is InChI=1S/C22H28FN3O6S/c1-12(2)30-22(27)26-15-6-7-16(26)11-17(10-15)31-13(3)21-24-20(25-32-21)14-5-8-19(18(23)9-14)33(4,28)29/h5,8-9,12-13,15-17H,6-7,10-11H2,1-4H3/t13-,15?,16?,17?/m1/s1. The lowest BCUT2D eigenvalue weighted by molar-refractivity contribution is -0.0640. The zero-order chi connectivity index (χ0) is 23.9. The fourth-order valence-electron chi connectivity index (χ4n) is 4.60. The van der Waals surface area contributed by atoms with E-state index in [9.17, 15) is 17.6 Å². The van der Waals surface area contributed by atoms with Gasteiger partial charge in [0.05, 0.1) is 12.2 Å². The number of piperidine rings is 1. The van der Waals surface area contributed by atoms with Gasteiger partial charge >= 0.3 is 6.09 Å². The van der Waals surface area contributed by atoms with Crippen molar-refractivity contribution in [3.63, 3.8) is 0 Å². The SMILES string of the molecule is CC(C)OC(=O)N1C2CCC1CC(O[C@H](C)c1nc(-c3ccc(S(C)(=O)=O)c(F)c3)no1)C2. The molecule has 1 amide bonds. The molecule has 2 aliphatic heterocycles. The van der Waals surface area contributed by atoms with Crippen molar-refractivity contribution < 1.29 is 31.6 Å². The van der Waals surface area contributed by atoms with Gasteiger partial charge in [-0.1, -0.05) is 5.16 Å². The van der Waals surface area contributed by atoms with Crippen molar-refractivity contribution in [2.24, 2.45) is 0 Å². The molecule has 11 heteroatoms. The number of hydrogen-bond donors (Lipinski definition) is 0. The van der Waals surface area contributed by atoms with Gasteiger partial charge in [-0.05, 0) is 64.7 Å². The van der Waals surface area contributed by atoms with E-state index in [-0.39, 0.29) is 47.0 Å². The van der Waals surface area contributed by atoms with Gasteiger partial charge in [0.2, 0.25) is 5.82 Å². The minimum atomic E-state index is -3.67. The Kier molecular flexibility index (Phi) is 6.45. The van der Waals surface area contributed by atoms with E-state index in [0.29, 0.717) is 18.4 Å². The first-order chi connectivity index (χ1) is 15.5. The lowest BCUT2D eigenvalue weighted by Gasteiger charge is -2.38. The molecule has 33 heavy (non-hydrogen) atoms. The Morgan fingerprint density at radius 1 is 1.21 bits per heavy atom. The Hall–Kier alpha value is -2.53. The molecule has 1 aromatic heterocycles. The molecule has 2 aliphatic rings. The van der Waals surface area contributed by atoms with E-state index in [2.05, 4.69) is 10.1 Å². The van der Waals surface area contributed by atoms with Crippen LogP contribution in [-0.4, -0.2) is 60.1 Å². The number of carbonyl (C=O) groups excluding carboxylic acids is 1. The van der Waals surface area contributed by atoms with Gasteiger partial charge in [-0.25, -0.2) is 17.6 Å². The maximum absolute atomic E-state index is 14.2. The van der Waals surface area contributed by atoms with Crippen LogP contribution in [0.15, 0.2) is 27.6 Å². The quantitative estimate of drug-likeness (QED) is 0.611. The average Bonchev–Trinajstić information content (AvgIpc) is 3.30. The van der Waals surface area contributed by atoms with E-state index in [4.69, 9.17) is 14.0 Å². The van der Waals surface area contributed by atoms with Crippen molar-refractivity contribution in [2.75, 3.05) is 6.26 Å². The van der Waals surface area contributed by atoms with Gasteiger partial charge in [-0.15, -0.1) is 0 Å². The number of benzene rings is 1. The number of carbonyl (C=O) groups is 1. The highest BCUT2D eigenvalue weighted by atomic mass is 32.2. The number of fused-ring (bicyclic) bond motifs is 2. The zero-order valence-corrected chi connectivity index (χ0v) is 19.8. The molecular weight excluding hydrogens is 453 g/mol. The Bertz CT molecular complexity index is 1120. The van der Waals surface area contributed by atoms with E-state index >= 15 is 0 Å². The molecule has 3 heterocycles. The van der Waals surface area contributed by atoms with Crippen LogP contribution in [0.3, 0.4) is 0 Å². The molecule has 180 valence electrons. The predicted octanol–water partition coefficient (Wildman–Crippen LogP) is 3.90. The van der Waals surface area contributed by atoms with Gasteiger partial charge in [0, 0.05) is 23.9 Å². The molecule has 0 saturated carbocycles. The molecule has 4 rings (SSSR count). The number of aromatic nitrogens is 2. The van der Waals surface area contributed by atoms with Crippen molar-refractivity contribution in [3.8, 4) is 11.4 Å². The lowest BCUT2D eigenvalue weighted by Crippen LogP contribution is -2.49. The van der Waals surface area contributed by atoms with Gasteiger partial charge in [-0.2, -0.15) is 4.98 Å². The first kappa shape index (κ1) is 23.6. The first-order valence-electron chi connectivity index (χ1n) is 11.0. The summed E-state index contributed by atoms with van der Waals surface area (Å²) in [4.78, 5) is 18.2. The van der Waals surface area contributed by atoms with E-state index in [1.807, 2.05) is 18.7 Å². The second-order valence-corrected chi connectivity index (χ2v) is 11.0. The number of sulfone groups is 1. The molecule has 2 aromatic rings. The lowest BCUT2D eigenvalue weighted by atomic mass is 10.00. The van der Waals surface area contributed by atoms with Gasteiger partial charge in [-0.3, -0.25) is 0 Å². The average molecular weight is 482 g/mol. The maximum Gasteiger partial charge on any atom is 0.410 e. The van der Waals surface area contributed by atoms with Crippen LogP contribution in [0.25, 0.3) is 11.4 Å². The molecule has 0 radical (unpaired) electrons. The summed E-state index contributed by atoms with van der Waals surface area (Å²) in [6, 6.07) is 3.86. The number of rotatable bonds is 6.